The lowest BCUT2D eigenvalue weighted by atomic mass is 10.2. The van der Waals surface area contributed by atoms with Gasteiger partial charge in [0.05, 0.1) is 17.4 Å². The van der Waals surface area contributed by atoms with E-state index in [4.69, 9.17) is 16.3 Å². The van der Waals surface area contributed by atoms with E-state index in [1.807, 2.05) is 0 Å². The van der Waals surface area contributed by atoms with Crippen LogP contribution in [0.3, 0.4) is 0 Å². The Morgan fingerprint density at radius 2 is 2.41 bits per heavy atom. The summed E-state index contributed by atoms with van der Waals surface area (Å²) >= 11 is 5.87. The zero-order valence-electron chi connectivity index (χ0n) is 8.89. The number of fused-ring (bicyclic) bond motifs is 2. The highest BCUT2D eigenvalue weighted by atomic mass is 35.5. The molecular weight excluding hydrogens is 240 g/mol. The highest BCUT2D eigenvalue weighted by Gasteiger charge is 2.23. The predicted octanol–water partition coefficient (Wildman–Crippen LogP) is 2.00. The second-order valence-electron chi connectivity index (χ2n) is 3.86. The molecular formula is C12H9ClN2O2. The maximum Gasteiger partial charge on any atom is 0.300 e. The van der Waals surface area contributed by atoms with Crippen molar-refractivity contribution in [3.8, 4) is 6.01 Å². The number of ether oxygens (including phenoxy) is 1. The molecule has 2 heterocycles. The molecule has 0 bridgehead atoms. The molecule has 0 unspecified atom stereocenters. The van der Waals surface area contributed by atoms with Crippen LogP contribution in [0.25, 0.3) is 10.9 Å². The molecule has 1 aromatic carbocycles. The number of hydrogen-bond acceptors (Lipinski definition) is 3. The van der Waals surface area contributed by atoms with Crippen molar-refractivity contribution < 1.29 is 4.74 Å². The molecule has 0 spiro atoms. The van der Waals surface area contributed by atoms with Crippen molar-refractivity contribution in [1.29, 1.82) is 0 Å². The van der Waals surface area contributed by atoms with Crippen molar-refractivity contribution in [1.82, 2.24) is 9.55 Å². The molecule has 1 aromatic heterocycles. The lowest BCUT2D eigenvalue weighted by molar-refractivity contribution is 0.275. The molecule has 17 heavy (non-hydrogen) atoms. The van der Waals surface area contributed by atoms with Gasteiger partial charge in [-0.15, -0.1) is 0 Å². The first-order valence-electron chi connectivity index (χ1n) is 5.18. The zero-order valence-corrected chi connectivity index (χ0v) is 9.65. The van der Waals surface area contributed by atoms with Crippen LogP contribution in [0.5, 0.6) is 6.01 Å². The van der Waals surface area contributed by atoms with Crippen LogP contribution in [0.1, 0.15) is 0 Å². The average molecular weight is 249 g/mol. The Bertz CT molecular complexity index is 678. The van der Waals surface area contributed by atoms with Crippen LogP contribution in [0.4, 0.5) is 0 Å². The summed E-state index contributed by atoms with van der Waals surface area (Å²) in [6.45, 7) is 4.11. The summed E-state index contributed by atoms with van der Waals surface area (Å²) in [7, 11) is 0. The minimum atomic E-state index is -0.192. The lowest BCUT2D eigenvalue weighted by Gasteiger charge is -2.02. The summed E-state index contributed by atoms with van der Waals surface area (Å²) in [5.74, 6) is 0. The van der Waals surface area contributed by atoms with Crippen LogP contribution >= 0.6 is 11.6 Å². The monoisotopic (exact) mass is 248 g/mol. The van der Waals surface area contributed by atoms with Gasteiger partial charge in [-0.3, -0.25) is 9.36 Å². The second-order valence-corrected chi connectivity index (χ2v) is 4.30. The fraction of sp³-hybridized carbons (Fsp3) is 0.167. The molecule has 0 radical (unpaired) electrons. The van der Waals surface area contributed by atoms with E-state index in [-0.39, 0.29) is 11.7 Å². The SMILES string of the molecule is C=C[C@@H]1Cn2c(nc3cc(Cl)ccc3c2=O)O1. The summed E-state index contributed by atoms with van der Waals surface area (Å²) in [6, 6.07) is 5.35. The van der Waals surface area contributed by atoms with E-state index in [1.165, 1.54) is 4.57 Å². The second kappa shape index (κ2) is 3.60. The van der Waals surface area contributed by atoms with Crippen LogP contribution in [-0.4, -0.2) is 15.7 Å². The third kappa shape index (κ3) is 1.52. The van der Waals surface area contributed by atoms with E-state index in [0.717, 1.165) is 0 Å². The van der Waals surface area contributed by atoms with E-state index in [1.54, 1.807) is 24.3 Å². The average Bonchev–Trinajstić information content (AvgIpc) is 2.72. The Balaban J connectivity index is 2.30. The van der Waals surface area contributed by atoms with Gasteiger partial charge in [-0.2, -0.15) is 4.98 Å². The molecule has 3 rings (SSSR count). The first kappa shape index (κ1) is 10.4. The maximum absolute atomic E-state index is 12.2. The van der Waals surface area contributed by atoms with Crippen molar-refractivity contribution in [2.45, 2.75) is 12.6 Å². The first-order valence-corrected chi connectivity index (χ1v) is 5.56. The molecule has 0 saturated carbocycles. The van der Waals surface area contributed by atoms with Crippen LogP contribution in [0.15, 0.2) is 35.6 Å². The van der Waals surface area contributed by atoms with E-state index >= 15 is 0 Å². The Kier molecular flexibility index (Phi) is 2.19. The Hall–Kier alpha value is -1.81. The summed E-state index contributed by atoms with van der Waals surface area (Å²) < 4.78 is 6.99. The molecule has 0 amide bonds. The van der Waals surface area contributed by atoms with Crippen molar-refractivity contribution in [3.63, 3.8) is 0 Å². The van der Waals surface area contributed by atoms with Gasteiger partial charge in [0, 0.05) is 5.02 Å². The van der Waals surface area contributed by atoms with Gasteiger partial charge in [-0.25, -0.2) is 0 Å². The van der Waals surface area contributed by atoms with Gasteiger partial charge in [0.2, 0.25) is 0 Å². The van der Waals surface area contributed by atoms with Gasteiger partial charge in [0.25, 0.3) is 5.56 Å². The molecule has 86 valence electrons. The van der Waals surface area contributed by atoms with Gasteiger partial charge in [0.1, 0.15) is 6.10 Å². The van der Waals surface area contributed by atoms with Crippen LogP contribution in [0.2, 0.25) is 5.02 Å². The highest BCUT2D eigenvalue weighted by molar-refractivity contribution is 6.31. The van der Waals surface area contributed by atoms with Crippen LogP contribution in [-0.2, 0) is 6.54 Å². The first-order chi connectivity index (χ1) is 8.19. The Labute approximate surface area is 102 Å². The third-order valence-electron chi connectivity index (χ3n) is 2.76. The highest BCUT2D eigenvalue weighted by Crippen LogP contribution is 2.22. The molecule has 5 heteroatoms. The van der Waals surface area contributed by atoms with Gasteiger partial charge in [0.15, 0.2) is 0 Å². The summed E-state index contributed by atoms with van der Waals surface area (Å²) in [6.07, 6.45) is 1.47. The van der Waals surface area contributed by atoms with Gasteiger partial charge in [-0.1, -0.05) is 18.2 Å². The molecule has 0 N–H and O–H groups in total. The third-order valence-corrected chi connectivity index (χ3v) is 3.00. The number of rotatable bonds is 1. The fourth-order valence-corrected chi connectivity index (χ4v) is 2.07. The topological polar surface area (TPSA) is 44.1 Å². The van der Waals surface area contributed by atoms with E-state index < -0.39 is 0 Å². The minimum absolute atomic E-state index is 0.106. The van der Waals surface area contributed by atoms with Crippen LogP contribution in [0, 0.1) is 0 Å². The van der Waals surface area contributed by atoms with Crippen molar-refractivity contribution >= 4 is 22.5 Å². The molecule has 0 saturated heterocycles. The number of hydrogen-bond donors (Lipinski definition) is 0. The van der Waals surface area contributed by atoms with E-state index in [0.29, 0.717) is 28.5 Å². The standard InChI is InChI=1S/C12H9ClN2O2/c1-2-8-6-15-11(16)9-4-3-7(13)5-10(9)14-12(15)17-8/h2-5,8H,1,6H2/t8-/m1/s1. The Morgan fingerprint density at radius 3 is 3.18 bits per heavy atom. The molecule has 1 aliphatic heterocycles. The normalized spacial score (nSPS) is 17.8. The van der Waals surface area contributed by atoms with Crippen molar-refractivity contribution in [3.05, 3.63) is 46.2 Å². The summed E-state index contributed by atoms with van der Waals surface area (Å²) in [5.41, 5.74) is 0.449. The molecule has 2 aromatic rings. The maximum atomic E-state index is 12.2. The quantitative estimate of drug-likeness (QED) is 0.725. The number of aromatic nitrogens is 2. The van der Waals surface area contributed by atoms with Gasteiger partial charge < -0.3 is 4.74 Å². The molecule has 1 aliphatic rings. The predicted molar refractivity (Wildman–Crippen MR) is 65.6 cm³/mol. The van der Waals surface area contributed by atoms with Gasteiger partial charge in [-0.05, 0) is 24.3 Å². The fourth-order valence-electron chi connectivity index (χ4n) is 1.90. The summed E-state index contributed by atoms with van der Waals surface area (Å²) in [4.78, 5) is 16.4. The van der Waals surface area contributed by atoms with E-state index in [2.05, 4.69) is 11.6 Å². The number of benzene rings is 1. The largest absolute Gasteiger partial charge is 0.455 e. The van der Waals surface area contributed by atoms with Crippen molar-refractivity contribution in [2.75, 3.05) is 0 Å². The summed E-state index contributed by atoms with van der Waals surface area (Å²) in [5, 5.41) is 1.10. The minimum Gasteiger partial charge on any atom is -0.455 e. The van der Waals surface area contributed by atoms with E-state index in [9.17, 15) is 4.79 Å². The zero-order chi connectivity index (χ0) is 12.0. The number of halogens is 1. The van der Waals surface area contributed by atoms with Crippen LogP contribution < -0.4 is 10.3 Å². The van der Waals surface area contributed by atoms with Crippen molar-refractivity contribution in [2.24, 2.45) is 0 Å². The smallest absolute Gasteiger partial charge is 0.300 e. The molecule has 0 aliphatic carbocycles. The molecule has 4 nitrogen and oxygen atoms in total. The lowest BCUT2D eigenvalue weighted by Crippen LogP contribution is -2.19. The molecule has 1 atom stereocenters. The Morgan fingerprint density at radius 1 is 1.59 bits per heavy atom. The molecule has 0 fully saturated rings. The number of nitrogens with zero attached hydrogens (tertiary/aromatic N) is 2. The van der Waals surface area contributed by atoms with Gasteiger partial charge >= 0.3 is 6.01 Å².